The van der Waals surface area contributed by atoms with E-state index in [-0.39, 0.29) is 21.2 Å². The van der Waals surface area contributed by atoms with Crippen LogP contribution in [0.5, 0.6) is 0 Å². The first-order chi connectivity index (χ1) is 21.0. The van der Waals surface area contributed by atoms with Crippen molar-refractivity contribution in [2.45, 2.75) is 36.7 Å². The molecule has 10 nitrogen and oxygen atoms in total. The maximum atomic E-state index is 15.3. The molecule has 1 aliphatic rings. The van der Waals surface area contributed by atoms with E-state index >= 15 is 4.39 Å². The van der Waals surface area contributed by atoms with Crippen molar-refractivity contribution < 1.29 is 27.1 Å². The molecule has 1 aliphatic heterocycles. The van der Waals surface area contributed by atoms with Gasteiger partial charge in [0.1, 0.15) is 17.7 Å². The summed E-state index contributed by atoms with van der Waals surface area (Å²) >= 11 is 6.25. The fraction of sp³-hybridized carbons (Fsp3) is 0.258. The van der Waals surface area contributed by atoms with Gasteiger partial charge in [-0.1, -0.05) is 18.5 Å². The third-order valence-corrected chi connectivity index (χ3v) is 9.71. The summed E-state index contributed by atoms with van der Waals surface area (Å²) in [6.45, 7) is 1.83. The topological polar surface area (TPSA) is 144 Å². The van der Waals surface area contributed by atoms with Crippen LogP contribution < -0.4 is 16.4 Å². The number of nitrogens with one attached hydrogen (secondary N) is 2. The molecule has 4 aromatic rings. The minimum Gasteiger partial charge on any atom is -0.453 e. The van der Waals surface area contributed by atoms with Gasteiger partial charge in [-0.15, -0.1) is 0 Å². The van der Waals surface area contributed by atoms with Gasteiger partial charge in [0.05, 0.1) is 23.8 Å². The molecule has 0 radical (unpaired) electrons. The predicted octanol–water partition coefficient (Wildman–Crippen LogP) is 6.10. The SMILES string of the molecule is CCS(=O)(=O)c1ccc(NC(=O)OC)cc1C1CCCN1C(=O)C(Nc1ccc2c(N)nccc2c1)c1cc(Cl)ccc1F. The molecular formula is C31H31ClFN5O5S. The van der Waals surface area contributed by atoms with E-state index in [1.807, 2.05) is 0 Å². The lowest BCUT2D eigenvalue weighted by atomic mass is 10.0. The van der Waals surface area contributed by atoms with E-state index in [4.69, 9.17) is 22.1 Å². The largest absolute Gasteiger partial charge is 0.453 e. The maximum absolute atomic E-state index is 15.3. The summed E-state index contributed by atoms with van der Waals surface area (Å²) in [5.41, 5.74) is 7.22. The van der Waals surface area contributed by atoms with Crippen LogP contribution in [0.25, 0.3) is 10.8 Å². The van der Waals surface area contributed by atoms with Gasteiger partial charge in [0, 0.05) is 40.1 Å². The minimum atomic E-state index is -3.71. The Morgan fingerprint density at radius 3 is 2.66 bits per heavy atom. The summed E-state index contributed by atoms with van der Waals surface area (Å²) in [4.78, 5) is 32.1. The van der Waals surface area contributed by atoms with Crippen LogP contribution in [0, 0.1) is 5.82 Å². The third kappa shape index (κ3) is 6.27. The Morgan fingerprint density at radius 1 is 1.14 bits per heavy atom. The van der Waals surface area contributed by atoms with E-state index in [9.17, 15) is 18.0 Å². The Hall–Kier alpha value is -4.42. The lowest BCUT2D eigenvalue weighted by molar-refractivity contribution is -0.133. The van der Waals surface area contributed by atoms with Crippen LogP contribution in [0.4, 0.5) is 26.4 Å². The van der Waals surface area contributed by atoms with Crippen LogP contribution in [0.3, 0.4) is 0 Å². The number of nitrogens with zero attached hydrogens (tertiary/aromatic N) is 2. The molecule has 1 fully saturated rings. The predicted molar refractivity (Wildman–Crippen MR) is 168 cm³/mol. The number of anilines is 3. The molecule has 4 N–H and O–H groups in total. The first-order valence-corrected chi connectivity index (χ1v) is 15.9. The highest BCUT2D eigenvalue weighted by atomic mass is 35.5. The first-order valence-electron chi connectivity index (χ1n) is 13.9. The number of amides is 2. The normalized spacial score (nSPS) is 15.6. The first kappa shape index (κ1) is 31.0. The number of halogens is 2. The highest BCUT2D eigenvalue weighted by molar-refractivity contribution is 7.91. The number of hydrogen-bond donors (Lipinski definition) is 3. The average Bonchev–Trinajstić information content (AvgIpc) is 3.51. The van der Waals surface area contributed by atoms with Crippen LogP contribution in [0.1, 0.15) is 43.0 Å². The molecule has 230 valence electrons. The molecule has 0 spiro atoms. The van der Waals surface area contributed by atoms with E-state index in [0.717, 1.165) is 10.8 Å². The second kappa shape index (κ2) is 12.7. The number of benzene rings is 3. The maximum Gasteiger partial charge on any atom is 0.411 e. The molecular weight excluding hydrogens is 609 g/mol. The lowest BCUT2D eigenvalue weighted by Gasteiger charge is -2.31. The zero-order valence-corrected chi connectivity index (χ0v) is 25.6. The summed E-state index contributed by atoms with van der Waals surface area (Å²) in [6.07, 6.45) is 1.87. The van der Waals surface area contributed by atoms with E-state index in [0.29, 0.717) is 42.1 Å². The highest BCUT2D eigenvalue weighted by Gasteiger charge is 2.38. The number of carbonyl (C=O) groups is 2. The molecule has 0 saturated carbocycles. The Balaban J connectivity index is 1.58. The van der Waals surface area contributed by atoms with Crippen molar-refractivity contribution in [1.29, 1.82) is 0 Å². The van der Waals surface area contributed by atoms with Crippen molar-refractivity contribution in [2.24, 2.45) is 0 Å². The number of carbonyl (C=O) groups excluding carboxylic acids is 2. The third-order valence-electron chi connectivity index (χ3n) is 7.67. The Kier molecular flexibility index (Phi) is 8.93. The van der Waals surface area contributed by atoms with Crippen molar-refractivity contribution in [3.63, 3.8) is 0 Å². The molecule has 3 aromatic carbocycles. The van der Waals surface area contributed by atoms with Crippen molar-refractivity contribution in [3.05, 3.63) is 88.8 Å². The molecule has 1 saturated heterocycles. The molecule has 2 amide bonds. The molecule has 0 bridgehead atoms. The van der Waals surface area contributed by atoms with Gasteiger partial charge in [0.15, 0.2) is 9.84 Å². The monoisotopic (exact) mass is 639 g/mol. The van der Waals surface area contributed by atoms with Gasteiger partial charge in [0.25, 0.3) is 0 Å². The zero-order chi connectivity index (χ0) is 31.6. The second-order valence-electron chi connectivity index (χ2n) is 10.3. The number of fused-ring (bicyclic) bond motifs is 1. The number of hydrogen-bond acceptors (Lipinski definition) is 8. The van der Waals surface area contributed by atoms with E-state index < -0.39 is 39.7 Å². The summed E-state index contributed by atoms with van der Waals surface area (Å²) < 4.78 is 46.3. The standard InChI is InChI=1S/C31H31ClFN5O5S/c1-3-44(41,42)27-11-8-21(37-31(40)43-2)17-24(27)26-5-4-14-38(26)30(39)28(23-16-19(32)6-10-25(23)33)36-20-7-9-22-18(15-20)12-13-35-29(22)34/h6-13,15-17,26,28,36H,3-5,14H2,1-2H3,(H2,34,35)(H,37,40). The summed E-state index contributed by atoms with van der Waals surface area (Å²) in [7, 11) is -2.50. The van der Waals surface area contributed by atoms with Crippen molar-refractivity contribution in [2.75, 3.05) is 35.8 Å². The summed E-state index contributed by atoms with van der Waals surface area (Å²) in [6, 6.07) is 13.6. The number of ether oxygens (including phenoxy) is 1. The van der Waals surface area contributed by atoms with E-state index in [1.54, 1.807) is 41.4 Å². The number of likely N-dealkylation sites (tertiary alicyclic amines) is 1. The van der Waals surface area contributed by atoms with Gasteiger partial charge >= 0.3 is 6.09 Å². The Bertz CT molecular complexity index is 1850. The van der Waals surface area contributed by atoms with Crippen LogP contribution in [0.15, 0.2) is 71.8 Å². The van der Waals surface area contributed by atoms with Crippen molar-refractivity contribution >= 4 is 61.4 Å². The number of nitrogens with two attached hydrogens (primary N) is 1. The summed E-state index contributed by atoms with van der Waals surface area (Å²) in [5.74, 6) is -0.924. The molecule has 2 unspecified atom stereocenters. The number of nitrogen functional groups attached to an aromatic ring is 1. The van der Waals surface area contributed by atoms with Crippen LogP contribution in [0.2, 0.25) is 5.02 Å². The molecule has 44 heavy (non-hydrogen) atoms. The number of pyridine rings is 1. The van der Waals surface area contributed by atoms with E-state index in [2.05, 4.69) is 15.6 Å². The van der Waals surface area contributed by atoms with Crippen molar-refractivity contribution in [3.8, 4) is 0 Å². The van der Waals surface area contributed by atoms with Crippen LogP contribution >= 0.6 is 11.6 Å². The average molecular weight is 640 g/mol. The van der Waals surface area contributed by atoms with Crippen LogP contribution in [-0.2, 0) is 19.4 Å². The number of rotatable bonds is 8. The molecule has 2 atom stereocenters. The highest BCUT2D eigenvalue weighted by Crippen LogP contribution is 2.40. The van der Waals surface area contributed by atoms with Gasteiger partial charge in [0.2, 0.25) is 5.91 Å². The van der Waals surface area contributed by atoms with Gasteiger partial charge in [-0.3, -0.25) is 10.1 Å². The number of sulfone groups is 1. The van der Waals surface area contributed by atoms with Crippen LogP contribution in [-0.4, -0.2) is 49.7 Å². The fourth-order valence-electron chi connectivity index (χ4n) is 5.48. The Morgan fingerprint density at radius 2 is 1.91 bits per heavy atom. The Labute approximate surface area is 259 Å². The molecule has 0 aliphatic carbocycles. The molecule has 2 heterocycles. The quantitative estimate of drug-likeness (QED) is 0.210. The smallest absolute Gasteiger partial charge is 0.411 e. The zero-order valence-electron chi connectivity index (χ0n) is 24.0. The van der Waals surface area contributed by atoms with E-state index in [1.165, 1.54) is 44.4 Å². The van der Waals surface area contributed by atoms with Gasteiger partial charge in [-0.05, 0) is 84.5 Å². The summed E-state index contributed by atoms with van der Waals surface area (Å²) in [5, 5.41) is 7.48. The van der Waals surface area contributed by atoms with Crippen molar-refractivity contribution in [1.82, 2.24) is 9.88 Å². The fourth-order valence-corrected chi connectivity index (χ4v) is 6.80. The number of aromatic nitrogens is 1. The lowest BCUT2D eigenvalue weighted by Crippen LogP contribution is -2.38. The molecule has 5 rings (SSSR count). The molecule has 13 heteroatoms. The van der Waals surface area contributed by atoms with Gasteiger partial charge in [-0.25, -0.2) is 22.6 Å². The van der Waals surface area contributed by atoms with Gasteiger partial charge < -0.3 is 20.7 Å². The second-order valence-corrected chi connectivity index (χ2v) is 13.0. The minimum absolute atomic E-state index is 0.0324. The number of methoxy groups -OCH3 is 1. The molecule has 1 aromatic heterocycles. The van der Waals surface area contributed by atoms with Gasteiger partial charge in [-0.2, -0.15) is 0 Å².